The van der Waals surface area contributed by atoms with Crippen LogP contribution in [0.3, 0.4) is 0 Å². The Morgan fingerprint density at radius 1 is 1.05 bits per heavy atom. The number of nitrogens with one attached hydrogen (secondary N) is 1. The lowest BCUT2D eigenvalue weighted by Crippen LogP contribution is -2.35. The number of hydrogen-bond donors (Lipinski definition) is 1. The number of aromatic amines is 1. The zero-order valence-electron chi connectivity index (χ0n) is 23.9. The first-order valence-electron chi connectivity index (χ1n) is 14.8. The molecule has 44 heavy (non-hydrogen) atoms. The summed E-state index contributed by atoms with van der Waals surface area (Å²) >= 11 is 0. The molecule has 3 aromatic heterocycles. The second kappa shape index (κ2) is 11.8. The van der Waals surface area contributed by atoms with Crippen molar-refractivity contribution < 1.29 is 18.3 Å². The van der Waals surface area contributed by atoms with Crippen LogP contribution in [-0.4, -0.2) is 50.2 Å². The van der Waals surface area contributed by atoms with Gasteiger partial charge in [0.25, 0.3) is 5.56 Å². The zero-order valence-corrected chi connectivity index (χ0v) is 23.9. The van der Waals surface area contributed by atoms with Crippen LogP contribution in [0, 0.1) is 23.0 Å². The van der Waals surface area contributed by atoms with Crippen molar-refractivity contribution in [3.05, 3.63) is 99.4 Å². The van der Waals surface area contributed by atoms with E-state index in [0.29, 0.717) is 42.6 Å². The number of H-pyrrole nitrogens is 1. The largest absolute Gasteiger partial charge is 0.473 e. The molecular weight excluding hydrogens is 566 g/mol. The number of pyridine rings is 2. The van der Waals surface area contributed by atoms with Crippen LogP contribution in [0.15, 0.2) is 59.5 Å². The van der Waals surface area contributed by atoms with Gasteiger partial charge in [0.2, 0.25) is 5.88 Å². The van der Waals surface area contributed by atoms with Gasteiger partial charge in [-0.2, -0.15) is 5.26 Å². The normalized spacial score (nSPS) is 17.5. The summed E-state index contributed by atoms with van der Waals surface area (Å²) in [7, 11) is 0. The fourth-order valence-electron chi connectivity index (χ4n) is 6.07. The van der Waals surface area contributed by atoms with E-state index in [-0.39, 0.29) is 41.4 Å². The summed E-state index contributed by atoms with van der Waals surface area (Å²) in [6.07, 6.45) is 4.18. The van der Waals surface area contributed by atoms with E-state index in [0.717, 1.165) is 54.4 Å². The van der Waals surface area contributed by atoms with Gasteiger partial charge in [-0.3, -0.25) is 9.69 Å². The van der Waals surface area contributed by atoms with E-state index in [2.05, 4.69) is 19.4 Å². The third-order valence-corrected chi connectivity index (χ3v) is 8.64. The maximum Gasteiger partial charge on any atom is 0.255 e. The molecule has 5 aromatic rings. The molecule has 224 valence electrons. The predicted molar refractivity (Wildman–Crippen MR) is 159 cm³/mol. The highest BCUT2D eigenvalue weighted by Crippen LogP contribution is 2.32. The van der Waals surface area contributed by atoms with E-state index in [1.54, 1.807) is 6.20 Å². The molecule has 2 aromatic carbocycles. The maximum atomic E-state index is 14.9. The van der Waals surface area contributed by atoms with Crippen LogP contribution in [0.5, 0.6) is 5.88 Å². The van der Waals surface area contributed by atoms with Crippen LogP contribution in [0.1, 0.15) is 47.8 Å². The van der Waals surface area contributed by atoms with Crippen molar-refractivity contribution in [3.8, 4) is 11.9 Å². The first-order chi connectivity index (χ1) is 21.4. The molecule has 0 aliphatic carbocycles. The van der Waals surface area contributed by atoms with Crippen molar-refractivity contribution >= 4 is 21.8 Å². The summed E-state index contributed by atoms with van der Waals surface area (Å²) in [4.78, 5) is 27.0. The molecule has 2 saturated heterocycles. The third-order valence-electron chi connectivity index (χ3n) is 8.64. The van der Waals surface area contributed by atoms with Gasteiger partial charge in [-0.25, -0.2) is 18.7 Å². The molecule has 2 aliphatic heterocycles. The van der Waals surface area contributed by atoms with Gasteiger partial charge in [0.1, 0.15) is 24.1 Å². The molecule has 2 fully saturated rings. The Morgan fingerprint density at radius 2 is 1.89 bits per heavy atom. The minimum absolute atomic E-state index is 0.0785. The van der Waals surface area contributed by atoms with Gasteiger partial charge in [-0.05, 0) is 74.1 Å². The van der Waals surface area contributed by atoms with Crippen LogP contribution in [0.25, 0.3) is 21.8 Å². The number of fused-ring (bicyclic) bond motifs is 2. The van der Waals surface area contributed by atoms with E-state index < -0.39 is 5.82 Å². The molecule has 5 heterocycles. The Morgan fingerprint density at radius 3 is 2.64 bits per heavy atom. The Labute approximate surface area is 251 Å². The molecule has 0 spiro atoms. The van der Waals surface area contributed by atoms with Crippen molar-refractivity contribution in [2.24, 2.45) is 0 Å². The number of rotatable bonds is 8. The molecule has 0 amide bonds. The fourth-order valence-corrected chi connectivity index (χ4v) is 6.07. The lowest BCUT2D eigenvalue weighted by atomic mass is 9.92. The van der Waals surface area contributed by atoms with E-state index >= 15 is 0 Å². The van der Waals surface area contributed by atoms with Gasteiger partial charge in [0.15, 0.2) is 0 Å². The zero-order chi connectivity index (χ0) is 30.2. The topological polar surface area (TPSA) is 109 Å². The first-order valence-corrected chi connectivity index (χ1v) is 14.8. The molecule has 0 bridgehead atoms. The molecule has 0 radical (unpaired) electrons. The summed E-state index contributed by atoms with van der Waals surface area (Å²) < 4.78 is 42.8. The summed E-state index contributed by atoms with van der Waals surface area (Å²) in [5.41, 5.74) is 2.51. The van der Waals surface area contributed by atoms with Crippen molar-refractivity contribution in [1.29, 1.82) is 5.26 Å². The van der Waals surface area contributed by atoms with Crippen LogP contribution in [0.4, 0.5) is 8.78 Å². The average molecular weight is 597 g/mol. The number of benzene rings is 2. The number of ether oxygens (including phenoxy) is 2. The molecule has 7 rings (SSSR count). The number of piperidine rings is 1. The minimum atomic E-state index is -0.533. The first kappa shape index (κ1) is 28.1. The molecular formula is C33H30F2N6O3. The van der Waals surface area contributed by atoms with Crippen molar-refractivity contribution in [2.75, 3.05) is 19.7 Å². The Hall–Kier alpha value is -4.66. The van der Waals surface area contributed by atoms with Crippen molar-refractivity contribution in [3.63, 3.8) is 0 Å². The highest BCUT2D eigenvalue weighted by atomic mass is 19.1. The van der Waals surface area contributed by atoms with Gasteiger partial charge >= 0.3 is 0 Å². The van der Waals surface area contributed by atoms with E-state index in [4.69, 9.17) is 19.7 Å². The minimum Gasteiger partial charge on any atom is -0.473 e. The van der Waals surface area contributed by atoms with E-state index in [1.807, 2.05) is 24.3 Å². The van der Waals surface area contributed by atoms with E-state index in [9.17, 15) is 13.6 Å². The number of halogens is 2. The quantitative estimate of drug-likeness (QED) is 0.263. The SMILES string of the molecule is N#Cc1ccc(COc2ccc(F)c(C3CCN(Cc4nc5cc6cc[nH]c(=O)c6cc5n4C[C@@H]4CCO4)CC3)n2)c(F)c1. The molecule has 2 aliphatic rings. The van der Waals surface area contributed by atoms with Crippen LogP contribution < -0.4 is 10.3 Å². The molecule has 1 atom stereocenters. The smallest absolute Gasteiger partial charge is 0.255 e. The average Bonchev–Trinajstić information content (AvgIpc) is 3.34. The molecule has 0 saturated carbocycles. The lowest BCUT2D eigenvalue weighted by Gasteiger charge is -2.32. The van der Waals surface area contributed by atoms with Crippen LogP contribution in [0.2, 0.25) is 0 Å². The predicted octanol–water partition coefficient (Wildman–Crippen LogP) is 5.17. The summed E-state index contributed by atoms with van der Waals surface area (Å²) in [5.74, 6) is 0.140. The van der Waals surface area contributed by atoms with Gasteiger partial charge in [-0.1, -0.05) is 6.07 Å². The van der Waals surface area contributed by atoms with Gasteiger partial charge in [0.05, 0.1) is 47.6 Å². The molecule has 11 heteroatoms. The maximum absolute atomic E-state index is 14.9. The van der Waals surface area contributed by atoms with Gasteiger partial charge < -0.3 is 19.0 Å². The van der Waals surface area contributed by atoms with Crippen molar-refractivity contribution in [1.82, 2.24) is 24.4 Å². The summed E-state index contributed by atoms with van der Waals surface area (Å²) in [6, 6.07) is 14.7. The molecule has 1 N–H and O–H groups in total. The second-order valence-corrected chi connectivity index (χ2v) is 11.4. The number of aromatic nitrogens is 4. The Bertz CT molecular complexity index is 1950. The number of imidazole rings is 1. The fraction of sp³-hybridized carbons (Fsp3) is 0.333. The number of nitrogens with zero attached hydrogens (tertiary/aromatic N) is 5. The highest BCUT2D eigenvalue weighted by Gasteiger charge is 2.27. The van der Waals surface area contributed by atoms with Crippen LogP contribution in [-0.2, 0) is 24.4 Å². The van der Waals surface area contributed by atoms with Gasteiger partial charge in [-0.15, -0.1) is 0 Å². The van der Waals surface area contributed by atoms with Gasteiger partial charge in [0, 0.05) is 35.7 Å². The lowest BCUT2D eigenvalue weighted by molar-refractivity contribution is -0.0592. The second-order valence-electron chi connectivity index (χ2n) is 11.4. The van der Waals surface area contributed by atoms with Crippen LogP contribution >= 0.6 is 0 Å². The third kappa shape index (κ3) is 5.54. The monoisotopic (exact) mass is 596 g/mol. The number of hydrogen-bond acceptors (Lipinski definition) is 7. The Balaban J connectivity index is 1.05. The number of likely N-dealkylation sites (tertiary alicyclic amines) is 1. The molecule has 0 unspecified atom stereocenters. The number of nitriles is 1. The summed E-state index contributed by atoms with van der Waals surface area (Å²) in [6.45, 7) is 3.44. The van der Waals surface area contributed by atoms with Crippen molar-refractivity contribution in [2.45, 2.75) is 51.0 Å². The van der Waals surface area contributed by atoms with E-state index in [1.165, 1.54) is 24.3 Å². The standard InChI is InChI=1S/C33H30F2N6O3/c34-26-3-4-31(44-19-23-2-1-20(16-36)13-27(23)35)39-32(26)21-6-10-40(11-7-21)18-30-38-28-14-22-5-9-37-33(42)25(22)15-29(28)41(30)17-24-8-12-43-24/h1-5,9,13-15,21,24H,6-8,10-12,17-19H2,(H,37,42)/t24-/m0/s1. The molecule has 9 nitrogen and oxygen atoms in total. The summed E-state index contributed by atoms with van der Waals surface area (Å²) in [5, 5.41) is 10.4. The highest BCUT2D eigenvalue weighted by molar-refractivity contribution is 5.94. The Kier molecular flexibility index (Phi) is 7.54.